The highest BCUT2D eigenvalue weighted by atomic mass is 32.3. The van der Waals surface area contributed by atoms with Crippen LogP contribution in [0.25, 0.3) is 11.5 Å². The van der Waals surface area contributed by atoms with Crippen LogP contribution in [0.3, 0.4) is 0 Å². The van der Waals surface area contributed by atoms with Gasteiger partial charge in [0, 0.05) is 43.7 Å². The lowest BCUT2D eigenvalue weighted by molar-refractivity contribution is -0.156. The van der Waals surface area contributed by atoms with Crippen LogP contribution in [-0.2, 0) is 12.7 Å². The number of halogens is 3. The first-order chi connectivity index (χ1) is 16.5. The first kappa shape index (κ1) is 25.0. The summed E-state index contributed by atoms with van der Waals surface area (Å²) in [4.78, 5) is 16.7. The van der Waals surface area contributed by atoms with Crippen molar-refractivity contribution in [1.82, 2.24) is 19.4 Å². The van der Waals surface area contributed by atoms with Gasteiger partial charge < -0.3 is 9.32 Å². The van der Waals surface area contributed by atoms with Gasteiger partial charge in [0.2, 0.25) is 5.89 Å². The summed E-state index contributed by atoms with van der Waals surface area (Å²) in [6.45, 7) is 1.56. The number of anilines is 1. The van der Waals surface area contributed by atoms with Gasteiger partial charge in [-0.05, 0) is 29.8 Å². The molecule has 1 aromatic heterocycles. The Labute approximate surface area is 201 Å². The van der Waals surface area contributed by atoms with Gasteiger partial charge in [0.15, 0.2) is 0 Å². The number of benzene rings is 2. The number of para-hydroxylation sites is 1. The number of urea groups is 1. The summed E-state index contributed by atoms with van der Waals surface area (Å²) in [5.41, 5.74) is 1.74. The van der Waals surface area contributed by atoms with Crippen molar-refractivity contribution in [3.05, 3.63) is 66.1 Å². The van der Waals surface area contributed by atoms with Crippen molar-refractivity contribution < 1.29 is 31.5 Å². The van der Waals surface area contributed by atoms with Gasteiger partial charge in [-0.15, -0.1) is 21.0 Å². The Balaban J connectivity index is 1.50. The van der Waals surface area contributed by atoms with E-state index in [4.69, 9.17) is 4.42 Å². The average Bonchev–Trinajstić information content (AvgIpc) is 3.34. The lowest BCUT2D eigenvalue weighted by atomic mass is 10.1. The molecule has 2 N–H and O–H groups in total. The number of carbonyl (C=O) groups is 1. The molecule has 0 atom stereocenters. The van der Waals surface area contributed by atoms with Crippen molar-refractivity contribution in [2.24, 2.45) is 0 Å². The Morgan fingerprint density at radius 1 is 1.03 bits per heavy atom. The highest BCUT2D eigenvalue weighted by Gasteiger charge is 2.38. The summed E-state index contributed by atoms with van der Waals surface area (Å²) in [6, 6.07) is 15.3. The van der Waals surface area contributed by atoms with E-state index in [0.717, 1.165) is 5.56 Å². The molecule has 0 saturated carbocycles. The predicted molar refractivity (Wildman–Crippen MR) is 125 cm³/mol. The number of amides is 2. The SMILES string of the molecule is CS(O)(O)N1CCN(C(=O)N(Cc2ccc(-c3nnc(C(F)(F)F)o3)cc2)c2ccccc2)CC1. The minimum absolute atomic E-state index is 0.212. The summed E-state index contributed by atoms with van der Waals surface area (Å²) in [5.74, 6) is -1.67. The van der Waals surface area contributed by atoms with Gasteiger partial charge in [-0.3, -0.25) is 14.0 Å². The Kier molecular flexibility index (Phi) is 7.03. The molecule has 13 heteroatoms. The molecule has 1 saturated heterocycles. The molecule has 4 rings (SSSR count). The lowest BCUT2D eigenvalue weighted by Crippen LogP contribution is -2.53. The average molecular weight is 512 g/mol. The Morgan fingerprint density at radius 2 is 1.66 bits per heavy atom. The van der Waals surface area contributed by atoms with E-state index >= 15 is 0 Å². The molecule has 2 heterocycles. The van der Waals surface area contributed by atoms with Gasteiger partial charge in [-0.1, -0.05) is 30.3 Å². The molecule has 35 heavy (non-hydrogen) atoms. The zero-order chi connectivity index (χ0) is 25.2. The molecule has 1 aliphatic heterocycles. The van der Waals surface area contributed by atoms with E-state index in [1.54, 1.807) is 38.4 Å². The number of aromatic nitrogens is 2. The standard InChI is InChI=1S/C22H24F3N5O4S/c1-35(32,33)29-13-11-28(12-14-29)21(31)30(18-5-3-2-4-6-18)15-16-7-9-17(10-8-16)19-26-27-20(34-19)22(23,24)25/h2-10,32-33H,11-15H2,1H3. The van der Waals surface area contributed by atoms with Crippen LogP contribution in [0.5, 0.6) is 0 Å². The summed E-state index contributed by atoms with van der Waals surface area (Å²) in [6.07, 6.45) is -3.36. The molecular weight excluding hydrogens is 487 g/mol. The molecule has 2 amide bonds. The topological polar surface area (TPSA) is 106 Å². The van der Waals surface area contributed by atoms with Crippen molar-refractivity contribution in [2.45, 2.75) is 12.7 Å². The third-order valence-corrected chi connectivity index (χ3v) is 6.85. The molecule has 0 unspecified atom stereocenters. The summed E-state index contributed by atoms with van der Waals surface area (Å²) in [5, 5.41) is 6.49. The van der Waals surface area contributed by atoms with E-state index in [9.17, 15) is 27.1 Å². The second-order valence-electron chi connectivity index (χ2n) is 8.02. The minimum Gasteiger partial charge on any atom is -0.413 e. The van der Waals surface area contributed by atoms with Crippen LogP contribution in [-0.4, -0.2) is 67.0 Å². The van der Waals surface area contributed by atoms with Gasteiger partial charge >= 0.3 is 18.1 Å². The first-order valence-electron chi connectivity index (χ1n) is 10.6. The Morgan fingerprint density at radius 3 is 2.20 bits per heavy atom. The van der Waals surface area contributed by atoms with E-state index in [1.807, 2.05) is 30.3 Å². The normalized spacial score (nSPS) is 15.8. The first-order valence-corrected chi connectivity index (χ1v) is 12.5. The van der Waals surface area contributed by atoms with E-state index < -0.39 is 22.8 Å². The van der Waals surface area contributed by atoms with Crippen LogP contribution in [0.15, 0.2) is 59.0 Å². The predicted octanol–water partition coefficient (Wildman–Crippen LogP) is 4.80. The van der Waals surface area contributed by atoms with Gasteiger partial charge in [0.05, 0.1) is 6.54 Å². The fourth-order valence-electron chi connectivity index (χ4n) is 3.66. The monoisotopic (exact) mass is 511 g/mol. The van der Waals surface area contributed by atoms with E-state index in [1.165, 1.54) is 6.26 Å². The van der Waals surface area contributed by atoms with Gasteiger partial charge in [0.25, 0.3) is 0 Å². The number of hydrogen-bond donors (Lipinski definition) is 2. The third-order valence-electron chi connectivity index (χ3n) is 5.51. The Bertz CT molecular complexity index is 1140. The maximum Gasteiger partial charge on any atom is 0.470 e. The number of piperazine rings is 1. The molecule has 188 valence electrons. The van der Waals surface area contributed by atoms with E-state index in [-0.39, 0.29) is 18.5 Å². The van der Waals surface area contributed by atoms with Crippen molar-refractivity contribution >= 4 is 22.5 Å². The molecule has 3 aromatic rings. The number of nitrogens with zero attached hydrogens (tertiary/aromatic N) is 5. The highest BCUT2D eigenvalue weighted by Crippen LogP contribution is 2.39. The summed E-state index contributed by atoms with van der Waals surface area (Å²) in [7, 11) is -2.83. The van der Waals surface area contributed by atoms with Crippen LogP contribution in [0.2, 0.25) is 0 Å². The van der Waals surface area contributed by atoms with Gasteiger partial charge in [-0.2, -0.15) is 13.2 Å². The maximum atomic E-state index is 13.4. The van der Waals surface area contributed by atoms with Crippen LogP contribution in [0.4, 0.5) is 23.7 Å². The molecule has 2 aromatic carbocycles. The van der Waals surface area contributed by atoms with E-state index in [2.05, 4.69) is 10.2 Å². The zero-order valence-corrected chi connectivity index (χ0v) is 19.5. The third kappa shape index (κ3) is 5.93. The largest absolute Gasteiger partial charge is 0.470 e. The molecule has 1 aliphatic rings. The molecule has 1 fully saturated rings. The maximum absolute atomic E-state index is 13.4. The molecule has 9 nitrogen and oxygen atoms in total. The van der Waals surface area contributed by atoms with Crippen LogP contribution in [0.1, 0.15) is 11.5 Å². The van der Waals surface area contributed by atoms with Gasteiger partial charge in [0.1, 0.15) is 0 Å². The molecule has 0 radical (unpaired) electrons. The van der Waals surface area contributed by atoms with Gasteiger partial charge in [-0.25, -0.2) is 9.10 Å². The van der Waals surface area contributed by atoms with Crippen molar-refractivity contribution in [3.63, 3.8) is 0 Å². The Hall–Kier alpha value is -3.13. The van der Waals surface area contributed by atoms with Crippen molar-refractivity contribution in [1.29, 1.82) is 0 Å². The van der Waals surface area contributed by atoms with Crippen LogP contribution < -0.4 is 4.90 Å². The molecule has 0 spiro atoms. The summed E-state index contributed by atoms with van der Waals surface area (Å²) >= 11 is 0. The zero-order valence-electron chi connectivity index (χ0n) is 18.7. The molecular formula is C22H24F3N5O4S. The fourth-order valence-corrected chi connectivity index (χ4v) is 4.52. The van der Waals surface area contributed by atoms with Crippen LogP contribution >= 0.6 is 10.8 Å². The second-order valence-corrected chi connectivity index (χ2v) is 10.1. The molecule has 0 aliphatic carbocycles. The van der Waals surface area contributed by atoms with Crippen LogP contribution in [0, 0.1) is 0 Å². The second kappa shape index (κ2) is 9.85. The number of rotatable bonds is 5. The minimum atomic E-state index is -4.72. The molecule has 0 bridgehead atoms. The number of carbonyl (C=O) groups excluding carboxylic acids is 1. The van der Waals surface area contributed by atoms with E-state index in [0.29, 0.717) is 37.4 Å². The lowest BCUT2D eigenvalue weighted by Gasteiger charge is -2.45. The number of alkyl halides is 3. The fraction of sp³-hybridized carbons (Fsp3) is 0.318. The summed E-state index contributed by atoms with van der Waals surface area (Å²) < 4.78 is 64.2. The number of hydrogen-bond acceptors (Lipinski definition) is 7. The quantitative estimate of drug-likeness (QED) is 0.507. The van der Waals surface area contributed by atoms with Crippen molar-refractivity contribution in [2.75, 3.05) is 37.3 Å². The smallest absolute Gasteiger partial charge is 0.413 e. The highest BCUT2D eigenvalue weighted by molar-refractivity contribution is 8.21. The van der Waals surface area contributed by atoms with Crippen molar-refractivity contribution in [3.8, 4) is 11.5 Å².